The number of aryl methyl sites for hydroxylation is 2. The summed E-state index contributed by atoms with van der Waals surface area (Å²) in [6, 6.07) is 0. The Kier molecular flexibility index (Phi) is 2.37. The molecule has 0 spiro atoms. The average molecular weight is 276 g/mol. The zero-order chi connectivity index (χ0) is 13.2. The summed E-state index contributed by atoms with van der Waals surface area (Å²) in [6.45, 7) is 7.86. The van der Waals surface area contributed by atoms with E-state index in [0.717, 1.165) is 30.6 Å². The van der Waals surface area contributed by atoms with Gasteiger partial charge in [-0.3, -0.25) is 9.59 Å². The van der Waals surface area contributed by atoms with Crippen LogP contribution in [0.1, 0.15) is 41.6 Å². The van der Waals surface area contributed by atoms with Crippen molar-refractivity contribution in [2.24, 2.45) is 0 Å². The van der Waals surface area contributed by atoms with Crippen molar-refractivity contribution in [2.75, 3.05) is 0 Å². The number of fused-ring (bicyclic) bond motifs is 3. The van der Waals surface area contributed by atoms with Gasteiger partial charge in [-0.25, -0.2) is 0 Å². The number of ketones is 2. The van der Waals surface area contributed by atoms with Gasteiger partial charge in [0.05, 0.1) is 9.75 Å². The average Bonchev–Trinajstić information content (AvgIpc) is 2.77. The molecule has 0 bridgehead atoms. The smallest absolute Gasteiger partial charge is 0.235 e. The fourth-order valence-corrected chi connectivity index (χ4v) is 4.81. The van der Waals surface area contributed by atoms with Crippen LogP contribution in [0.25, 0.3) is 9.75 Å². The first-order valence-electron chi connectivity index (χ1n) is 5.72. The Morgan fingerprint density at radius 1 is 0.667 bits per heavy atom. The monoisotopic (exact) mass is 276 g/mol. The number of thiophene rings is 2. The minimum Gasteiger partial charge on any atom is -0.285 e. The molecule has 0 fully saturated rings. The van der Waals surface area contributed by atoms with Crippen molar-refractivity contribution in [2.45, 2.75) is 27.7 Å². The molecule has 2 aromatic rings. The number of carbonyl (C=O) groups excluding carboxylic acids is 2. The number of Topliss-reactive ketones (excluding diaryl/α,β-unsaturated/α-hetero) is 2. The van der Waals surface area contributed by atoms with Crippen molar-refractivity contribution in [1.29, 1.82) is 0 Å². The van der Waals surface area contributed by atoms with Crippen molar-refractivity contribution in [3.8, 4) is 9.75 Å². The van der Waals surface area contributed by atoms with Crippen molar-refractivity contribution in [3.63, 3.8) is 0 Å². The van der Waals surface area contributed by atoms with E-state index in [9.17, 15) is 9.59 Å². The second-order valence-corrected chi connectivity index (χ2v) is 7.08. The number of hydrogen-bond acceptors (Lipinski definition) is 4. The first-order chi connectivity index (χ1) is 8.43. The van der Waals surface area contributed by atoms with Gasteiger partial charge in [0.2, 0.25) is 11.6 Å². The Morgan fingerprint density at radius 3 is 1.33 bits per heavy atom. The van der Waals surface area contributed by atoms with Gasteiger partial charge in [-0.15, -0.1) is 22.7 Å². The quantitative estimate of drug-likeness (QED) is 0.679. The van der Waals surface area contributed by atoms with Gasteiger partial charge in [-0.2, -0.15) is 0 Å². The summed E-state index contributed by atoms with van der Waals surface area (Å²) in [7, 11) is 0. The van der Waals surface area contributed by atoms with E-state index < -0.39 is 0 Å². The van der Waals surface area contributed by atoms with Crippen molar-refractivity contribution < 1.29 is 9.59 Å². The lowest BCUT2D eigenvalue weighted by molar-refractivity contribution is 0.0815. The van der Waals surface area contributed by atoms with E-state index >= 15 is 0 Å². The van der Waals surface area contributed by atoms with Gasteiger partial charge >= 0.3 is 0 Å². The van der Waals surface area contributed by atoms with Gasteiger partial charge in [0.1, 0.15) is 0 Å². The SMILES string of the molecule is Cc1sc2c(c1C)C(=O)C(=O)c1c-2sc(C)c1C. The lowest BCUT2D eigenvalue weighted by atomic mass is 9.90. The molecular weight excluding hydrogens is 264 g/mol. The van der Waals surface area contributed by atoms with E-state index in [-0.39, 0.29) is 11.6 Å². The molecule has 4 heteroatoms. The summed E-state index contributed by atoms with van der Waals surface area (Å²) in [5.41, 5.74) is 3.19. The molecule has 0 N–H and O–H groups in total. The zero-order valence-corrected chi connectivity index (χ0v) is 12.3. The summed E-state index contributed by atoms with van der Waals surface area (Å²) in [5.74, 6) is -0.666. The number of carbonyl (C=O) groups is 2. The van der Waals surface area contributed by atoms with Gasteiger partial charge in [-0.05, 0) is 38.8 Å². The molecule has 0 aliphatic heterocycles. The highest BCUT2D eigenvalue weighted by Gasteiger charge is 2.36. The molecule has 2 aromatic heterocycles. The molecule has 0 saturated heterocycles. The Hall–Kier alpha value is -1.26. The Labute approximate surface area is 113 Å². The molecule has 3 rings (SSSR count). The molecular formula is C14H12O2S2. The highest BCUT2D eigenvalue weighted by Crippen LogP contribution is 2.47. The third-order valence-corrected chi connectivity index (χ3v) is 6.22. The van der Waals surface area contributed by atoms with E-state index in [1.807, 2.05) is 27.7 Å². The van der Waals surface area contributed by atoms with E-state index in [4.69, 9.17) is 0 Å². The molecule has 2 heterocycles. The highest BCUT2D eigenvalue weighted by atomic mass is 32.1. The first kappa shape index (κ1) is 11.8. The van der Waals surface area contributed by atoms with Gasteiger partial charge in [-0.1, -0.05) is 0 Å². The summed E-state index contributed by atoms with van der Waals surface area (Å²) in [5, 5.41) is 0. The van der Waals surface area contributed by atoms with Gasteiger partial charge in [0.15, 0.2) is 0 Å². The fourth-order valence-electron chi connectivity index (χ4n) is 2.35. The van der Waals surface area contributed by atoms with Gasteiger partial charge in [0, 0.05) is 20.9 Å². The molecule has 92 valence electrons. The molecule has 0 saturated carbocycles. The topological polar surface area (TPSA) is 34.1 Å². The first-order valence-corrected chi connectivity index (χ1v) is 7.36. The highest BCUT2D eigenvalue weighted by molar-refractivity contribution is 7.23. The molecule has 0 amide bonds. The second-order valence-electron chi connectivity index (χ2n) is 4.63. The van der Waals surface area contributed by atoms with Crippen LogP contribution in [-0.4, -0.2) is 11.6 Å². The lowest BCUT2D eigenvalue weighted by Gasteiger charge is -2.11. The van der Waals surface area contributed by atoms with Crippen molar-refractivity contribution in [3.05, 3.63) is 32.0 Å². The summed E-state index contributed by atoms with van der Waals surface area (Å²) < 4.78 is 0. The third kappa shape index (κ3) is 1.27. The summed E-state index contributed by atoms with van der Waals surface area (Å²) in [6.07, 6.45) is 0. The maximum absolute atomic E-state index is 12.2. The van der Waals surface area contributed by atoms with Crippen LogP contribution < -0.4 is 0 Å². The van der Waals surface area contributed by atoms with Crippen LogP contribution in [0.2, 0.25) is 0 Å². The normalized spacial score (nSPS) is 13.8. The van der Waals surface area contributed by atoms with Gasteiger partial charge in [0.25, 0.3) is 0 Å². The third-order valence-electron chi connectivity index (χ3n) is 3.64. The summed E-state index contributed by atoms with van der Waals surface area (Å²) in [4.78, 5) is 28.7. The second kappa shape index (κ2) is 3.62. The Bertz CT molecular complexity index is 654. The maximum atomic E-state index is 12.2. The largest absolute Gasteiger partial charge is 0.285 e. The Morgan fingerprint density at radius 2 is 1.00 bits per heavy atom. The van der Waals surface area contributed by atoms with Crippen LogP contribution in [-0.2, 0) is 0 Å². The molecule has 1 aliphatic rings. The molecule has 2 nitrogen and oxygen atoms in total. The summed E-state index contributed by atoms with van der Waals surface area (Å²) >= 11 is 3.25. The molecule has 0 aromatic carbocycles. The van der Waals surface area contributed by atoms with E-state index in [2.05, 4.69) is 0 Å². The maximum Gasteiger partial charge on any atom is 0.235 e. The number of hydrogen-bond donors (Lipinski definition) is 0. The van der Waals surface area contributed by atoms with Crippen LogP contribution in [0.5, 0.6) is 0 Å². The van der Waals surface area contributed by atoms with E-state index in [1.54, 1.807) is 22.7 Å². The minimum atomic E-state index is -0.333. The van der Waals surface area contributed by atoms with Crippen LogP contribution in [0, 0.1) is 27.7 Å². The standard InChI is InChI=1S/C14H12O2S2/c1-5-7(3)17-13-9(5)11(15)12(16)10-6(2)8(4)18-14(10)13/h1-4H3. The van der Waals surface area contributed by atoms with Crippen molar-refractivity contribution >= 4 is 34.2 Å². The van der Waals surface area contributed by atoms with Crippen LogP contribution in [0.4, 0.5) is 0 Å². The molecule has 0 unspecified atom stereocenters. The molecule has 1 aliphatic carbocycles. The van der Waals surface area contributed by atoms with E-state index in [1.165, 1.54) is 0 Å². The predicted molar refractivity (Wildman–Crippen MR) is 75.2 cm³/mol. The van der Waals surface area contributed by atoms with E-state index in [0.29, 0.717) is 11.1 Å². The van der Waals surface area contributed by atoms with Gasteiger partial charge < -0.3 is 0 Å². The fraction of sp³-hybridized carbons (Fsp3) is 0.286. The van der Waals surface area contributed by atoms with Crippen LogP contribution >= 0.6 is 22.7 Å². The predicted octanol–water partition coefficient (Wildman–Crippen LogP) is 4.09. The minimum absolute atomic E-state index is 0.333. The van der Waals surface area contributed by atoms with Crippen molar-refractivity contribution in [1.82, 2.24) is 0 Å². The zero-order valence-electron chi connectivity index (χ0n) is 10.6. The number of rotatable bonds is 0. The van der Waals surface area contributed by atoms with Crippen LogP contribution in [0.3, 0.4) is 0 Å². The lowest BCUT2D eigenvalue weighted by Crippen LogP contribution is -2.20. The Balaban J connectivity index is 2.46. The molecule has 18 heavy (non-hydrogen) atoms. The molecule has 0 radical (unpaired) electrons. The van der Waals surface area contributed by atoms with Crippen LogP contribution in [0.15, 0.2) is 0 Å². The molecule has 0 atom stereocenters.